The maximum Gasteiger partial charge on any atom is 0.223 e. The predicted octanol–water partition coefficient (Wildman–Crippen LogP) is 3.29. The van der Waals surface area contributed by atoms with Gasteiger partial charge in [-0.2, -0.15) is 0 Å². The lowest BCUT2D eigenvalue weighted by Gasteiger charge is -2.42. The SMILES string of the molecule is CC(C)CC(=O)N1CC(CC(C)C)NCC1CC(C)C. The monoisotopic (exact) mass is 282 g/mol. The lowest BCUT2D eigenvalue weighted by Crippen LogP contribution is -2.59. The van der Waals surface area contributed by atoms with Crippen molar-refractivity contribution in [3.8, 4) is 0 Å². The molecule has 20 heavy (non-hydrogen) atoms. The molecule has 2 unspecified atom stereocenters. The minimum Gasteiger partial charge on any atom is -0.337 e. The molecule has 0 saturated carbocycles. The number of nitrogens with zero attached hydrogens (tertiary/aromatic N) is 1. The molecule has 1 saturated heterocycles. The summed E-state index contributed by atoms with van der Waals surface area (Å²) in [5.41, 5.74) is 0. The highest BCUT2D eigenvalue weighted by Gasteiger charge is 2.31. The van der Waals surface area contributed by atoms with Crippen molar-refractivity contribution >= 4 is 5.91 Å². The molecule has 0 aromatic heterocycles. The molecule has 0 spiro atoms. The topological polar surface area (TPSA) is 32.3 Å². The molecule has 0 bridgehead atoms. The van der Waals surface area contributed by atoms with Gasteiger partial charge in [0.1, 0.15) is 0 Å². The Hall–Kier alpha value is -0.570. The Morgan fingerprint density at radius 2 is 1.65 bits per heavy atom. The standard InChI is InChI=1S/C17H34N2O/c1-12(2)7-15-11-19(17(20)9-14(5)6)16(10-18-15)8-13(3)4/h12-16,18H,7-11H2,1-6H3. The lowest BCUT2D eigenvalue weighted by atomic mass is 9.95. The van der Waals surface area contributed by atoms with Crippen molar-refractivity contribution in [1.29, 1.82) is 0 Å². The molecular formula is C17H34N2O. The van der Waals surface area contributed by atoms with Crippen molar-refractivity contribution in [2.75, 3.05) is 13.1 Å². The summed E-state index contributed by atoms with van der Waals surface area (Å²) >= 11 is 0. The molecule has 1 fully saturated rings. The molecule has 1 rings (SSSR count). The van der Waals surface area contributed by atoms with Gasteiger partial charge in [-0.15, -0.1) is 0 Å². The van der Waals surface area contributed by atoms with Gasteiger partial charge in [0.15, 0.2) is 0 Å². The van der Waals surface area contributed by atoms with Crippen LogP contribution in [0.4, 0.5) is 0 Å². The summed E-state index contributed by atoms with van der Waals surface area (Å²) < 4.78 is 0. The first-order chi connectivity index (χ1) is 9.29. The second kappa shape index (κ2) is 8.02. The zero-order valence-corrected chi connectivity index (χ0v) is 14.3. The minimum atomic E-state index is 0.348. The van der Waals surface area contributed by atoms with E-state index in [1.54, 1.807) is 0 Å². The Labute approximate surface area is 125 Å². The molecule has 1 heterocycles. The number of amides is 1. The predicted molar refractivity (Wildman–Crippen MR) is 85.7 cm³/mol. The average Bonchev–Trinajstić information content (AvgIpc) is 2.28. The highest BCUT2D eigenvalue weighted by atomic mass is 16.2. The first kappa shape index (κ1) is 17.5. The van der Waals surface area contributed by atoms with Crippen molar-refractivity contribution in [3.63, 3.8) is 0 Å². The summed E-state index contributed by atoms with van der Waals surface area (Å²) in [4.78, 5) is 14.7. The van der Waals surface area contributed by atoms with E-state index in [1.807, 2.05) is 0 Å². The van der Waals surface area contributed by atoms with Gasteiger partial charge < -0.3 is 10.2 Å². The molecule has 0 aromatic rings. The molecular weight excluding hydrogens is 248 g/mol. The van der Waals surface area contributed by atoms with E-state index in [2.05, 4.69) is 51.8 Å². The van der Waals surface area contributed by atoms with E-state index in [1.165, 1.54) is 0 Å². The Bertz CT molecular complexity index is 299. The van der Waals surface area contributed by atoms with Crippen LogP contribution in [0.25, 0.3) is 0 Å². The maximum absolute atomic E-state index is 12.5. The van der Waals surface area contributed by atoms with Crippen molar-refractivity contribution in [2.45, 2.75) is 72.9 Å². The summed E-state index contributed by atoms with van der Waals surface area (Å²) in [6, 6.07) is 0.846. The molecule has 2 atom stereocenters. The lowest BCUT2D eigenvalue weighted by molar-refractivity contribution is -0.136. The van der Waals surface area contributed by atoms with Crippen LogP contribution in [0.2, 0.25) is 0 Å². The van der Waals surface area contributed by atoms with Crippen molar-refractivity contribution in [1.82, 2.24) is 10.2 Å². The highest BCUT2D eigenvalue weighted by molar-refractivity contribution is 5.77. The van der Waals surface area contributed by atoms with E-state index < -0.39 is 0 Å². The summed E-state index contributed by atoms with van der Waals surface area (Å²) in [5.74, 6) is 2.11. The Morgan fingerprint density at radius 3 is 2.15 bits per heavy atom. The number of piperazine rings is 1. The first-order valence-corrected chi connectivity index (χ1v) is 8.32. The number of nitrogens with one attached hydrogen (secondary N) is 1. The van der Waals surface area contributed by atoms with Gasteiger partial charge in [0, 0.05) is 31.6 Å². The molecule has 3 nitrogen and oxygen atoms in total. The van der Waals surface area contributed by atoms with Crippen LogP contribution in [0.5, 0.6) is 0 Å². The molecule has 1 N–H and O–H groups in total. The molecule has 3 heteroatoms. The fraction of sp³-hybridized carbons (Fsp3) is 0.941. The summed E-state index contributed by atoms with van der Waals surface area (Å²) in [5, 5.41) is 3.65. The number of carbonyl (C=O) groups excluding carboxylic acids is 1. The molecule has 1 aliphatic rings. The number of carbonyl (C=O) groups is 1. The van der Waals surface area contributed by atoms with Crippen LogP contribution in [0.3, 0.4) is 0 Å². The van der Waals surface area contributed by atoms with E-state index in [4.69, 9.17) is 0 Å². The van der Waals surface area contributed by atoms with Gasteiger partial charge >= 0.3 is 0 Å². The molecule has 0 radical (unpaired) electrons. The van der Waals surface area contributed by atoms with Crippen molar-refractivity contribution in [2.24, 2.45) is 17.8 Å². The summed E-state index contributed by atoms with van der Waals surface area (Å²) in [6.45, 7) is 15.1. The first-order valence-electron chi connectivity index (χ1n) is 8.32. The van der Waals surface area contributed by atoms with Gasteiger partial charge in [0.25, 0.3) is 0 Å². The Kier molecular flexibility index (Phi) is 7.01. The normalized spacial score (nSPS) is 23.9. The Balaban J connectivity index is 2.69. The van der Waals surface area contributed by atoms with E-state index >= 15 is 0 Å². The zero-order chi connectivity index (χ0) is 15.3. The van der Waals surface area contributed by atoms with E-state index in [9.17, 15) is 4.79 Å². The minimum absolute atomic E-state index is 0.348. The summed E-state index contributed by atoms with van der Waals surface area (Å²) in [6.07, 6.45) is 2.94. The fourth-order valence-corrected chi connectivity index (χ4v) is 3.12. The Morgan fingerprint density at radius 1 is 1.05 bits per heavy atom. The number of hydrogen-bond acceptors (Lipinski definition) is 2. The largest absolute Gasteiger partial charge is 0.337 e. The van der Waals surface area contributed by atoms with Gasteiger partial charge in [-0.1, -0.05) is 41.5 Å². The van der Waals surface area contributed by atoms with Crippen LogP contribution in [-0.4, -0.2) is 36.0 Å². The maximum atomic E-state index is 12.5. The molecule has 0 aromatic carbocycles. The third kappa shape index (κ3) is 5.82. The third-order valence-electron chi connectivity index (χ3n) is 3.90. The van der Waals surface area contributed by atoms with Crippen molar-refractivity contribution in [3.05, 3.63) is 0 Å². The van der Waals surface area contributed by atoms with Crippen LogP contribution in [0.1, 0.15) is 60.8 Å². The molecule has 1 amide bonds. The average molecular weight is 282 g/mol. The molecule has 1 aliphatic heterocycles. The smallest absolute Gasteiger partial charge is 0.223 e. The van der Waals surface area contributed by atoms with Crippen molar-refractivity contribution < 1.29 is 4.79 Å². The van der Waals surface area contributed by atoms with Crippen LogP contribution >= 0.6 is 0 Å². The molecule has 118 valence electrons. The van der Waals surface area contributed by atoms with Crippen LogP contribution in [-0.2, 0) is 4.79 Å². The van der Waals surface area contributed by atoms with Gasteiger partial charge in [-0.25, -0.2) is 0 Å². The van der Waals surface area contributed by atoms with Gasteiger partial charge in [0.2, 0.25) is 5.91 Å². The third-order valence-corrected chi connectivity index (χ3v) is 3.90. The second-order valence-electron chi connectivity index (χ2n) is 7.66. The van der Waals surface area contributed by atoms with Gasteiger partial charge in [-0.05, 0) is 30.6 Å². The van der Waals surface area contributed by atoms with Gasteiger partial charge in [0.05, 0.1) is 0 Å². The van der Waals surface area contributed by atoms with E-state index in [-0.39, 0.29) is 0 Å². The van der Waals surface area contributed by atoms with Crippen LogP contribution in [0, 0.1) is 17.8 Å². The second-order valence-corrected chi connectivity index (χ2v) is 7.66. The quantitative estimate of drug-likeness (QED) is 0.811. The molecule has 0 aliphatic carbocycles. The van der Waals surface area contributed by atoms with E-state index in [0.717, 1.165) is 25.9 Å². The fourth-order valence-electron chi connectivity index (χ4n) is 3.12. The van der Waals surface area contributed by atoms with Crippen LogP contribution in [0.15, 0.2) is 0 Å². The zero-order valence-electron chi connectivity index (χ0n) is 14.3. The van der Waals surface area contributed by atoms with Gasteiger partial charge in [-0.3, -0.25) is 4.79 Å². The highest BCUT2D eigenvalue weighted by Crippen LogP contribution is 2.20. The summed E-state index contributed by atoms with van der Waals surface area (Å²) in [7, 11) is 0. The van der Waals surface area contributed by atoms with Crippen LogP contribution < -0.4 is 5.32 Å². The number of hydrogen-bond donors (Lipinski definition) is 1. The van der Waals surface area contributed by atoms with E-state index in [0.29, 0.717) is 42.2 Å². The number of rotatable bonds is 6.